The number of aryl methyl sites for hydroxylation is 2. The second-order valence-corrected chi connectivity index (χ2v) is 4.99. The van der Waals surface area contributed by atoms with E-state index in [9.17, 15) is 4.79 Å². The molecule has 3 rings (SSSR count). The van der Waals surface area contributed by atoms with Crippen molar-refractivity contribution in [2.45, 2.75) is 6.54 Å². The Bertz CT molecular complexity index is 767. The van der Waals surface area contributed by atoms with Gasteiger partial charge in [0.05, 0.1) is 6.54 Å². The summed E-state index contributed by atoms with van der Waals surface area (Å²) in [6.45, 7) is 0.537. The average Bonchev–Trinajstić information content (AvgIpc) is 3.02. The molecule has 0 saturated carbocycles. The summed E-state index contributed by atoms with van der Waals surface area (Å²) in [6.07, 6.45) is 3.97. The van der Waals surface area contributed by atoms with Gasteiger partial charge in [0.1, 0.15) is 0 Å². The van der Waals surface area contributed by atoms with Crippen LogP contribution in [0.25, 0.3) is 10.9 Å². The van der Waals surface area contributed by atoms with E-state index < -0.39 is 0 Å². The molecule has 0 fully saturated rings. The highest BCUT2D eigenvalue weighted by atomic mass is 16.1. The van der Waals surface area contributed by atoms with Gasteiger partial charge in [-0.05, 0) is 36.4 Å². The molecule has 20 heavy (non-hydrogen) atoms. The van der Waals surface area contributed by atoms with Crippen molar-refractivity contribution >= 4 is 16.8 Å². The summed E-state index contributed by atoms with van der Waals surface area (Å²) >= 11 is 0. The maximum atomic E-state index is 12.2. The molecule has 0 atom stereocenters. The highest BCUT2D eigenvalue weighted by Crippen LogP contribution is 2.16. The minimum absolute atomic E-state index is 0.0445. The predicted molar refractivity (Wildman–Crippen MR) is 79.5 cm³/mol. The standard InChI is InChI=1S/C16H17N3O/c1-18-8-3-4-14(18)11-17-16(20)13-5-6-15-12(10-13)7-9-19(15)2/h3-10H,11H2,1-2H3,(H,17,20). The second kappa shape index (κ2) is 4.89. The molecule has 0 aliphatic rings. The molecule has 0 spiro atoms. The predicted octanol–water partition coefficient (Wildman–Crippen LogP) is 2.45. The molecule has 0 unspecified atom stereocenters. The summed E-state index contributed by atoms with van der Waals surface area (Å²) in [5.41, 5.74) is 2.90. The normalized spacial score (nSPS) is 10.9. The first kappa shape index (κ1) is 12.5. The lowest BCUT2D eigenvalue weighted by atomic mass is 10.1. The summed E-state index contributed by atoms with van der Waals surface area (Å²) in [7, 11) is 3.97. The Morgan fingerprint density at radius 3 is 2.70 bits per heavy atom. The monoisotopic (exact) mass is 267 g/mol. The minimum Gasteiger partial charge on any atom is -0.353 e. The number of benzene rings is 1. The van der Waals surface area contributed by atoms with E-state index in [0.717, 1.165) is 16.6 Å². The van der Waals surface area contributed by atoms with Gasteiger partial charge in [-0.3, -0.25) is 4.79 Å². The molecule has 0 aliphatic heterocycles. The van der Waals surface area contributed by atoms with Crippen molar-refractivity contribution in [2.75, 3.05) is 0 Å². The molecule has 2 heterocycles. The van der Waals surface area contributed by atoms with Gasteiger partial charge in [0, 0.05) is 48.6 Å². The smallest absolute Gasteiger partial charge is 0.251 e. The number of nitrogens with zero attached hydrogens (tertiary/aromatic N) is 2. The Labute approximate surface area is 117 Å². The van der Waals surface area contributed by atoms with E-state index in [1.807, 2.05) is 72.0 Å². The Morgan fingerprint density at radius 1 is 1.10 bits per heavy atom. The van der Waals surface area contributed by atoms with Crippen LogP contribution in [0.4, 0.5) is 0 Å². The Balaban J connectivity index is 1.77. The molecule has 0 bridgehead atoms. The number of hydrogen-bond donors (Lipinski definition) is 1. The van der Waals surface area contributed by atoms with Crippen molar-refractivity contribution in [3.63, 3.8) is 0 Å². The van der Waals surface area contributed by atoms with Gasteiger partial charge in [0.15, 0.2) is 0 Å². The molecule has 0 radical (unpaired) electrons. The van der Waals surface area contributed by atoms with Crippen LogP contribution in [0.15, 0.2) is 48.8 Å². The first-order valence-corrected chi connectivity index (χ1v) is 6.58. The van der Waals surface area contributed by atoms with Crippen LogP contribution in [0.2, 0.25) is 0 Å². The zero-order valence-electron chi connectivity index (χ0n) is 11.6. The van der Waals surface area contributed by atoms with E-state index in [-0.39, 0.29) is 5.91 Å². The molecular weight excluding hydrogens is 250 g/mol. The molecule has 3 aromatic rings. The fraction of sp³-hybridized carbons (Fsp3) is 0.188. The quantitative estimate of drug-likeness (QED) is 0.778. The van der Waals surface area contributed by atoms with Crippen LogP contribution in [0.1, 0.15) is 16.1 Å². The lowest BCUT2D eigenvalue weighted by molar-refractivity contribution is 0.0950. The maximum absolute atomic E-state index is 12.2. The number of aromatic nitrogens is 2. The number of fused-ring (bicyclic) bond motifs is 1. The third kappa shape index (κ3) is 2.20. The van der Waals surface area contributed by atoms with Gasteiger partial charge in [0.25, 0.3) is 5.91 Å². The van der Waals surface area contributed by atoms with Gasteiger partial charge in [-0.25, -0.2) is 0 Å². The van der Waals surface area contributed by atoms with Gasteiger partial charge in [-0.1, -0.05) is 0 Å². The van der Waals surface area contributed by atoms with Gasteiger partial charge >= 0.3 is 0 Å². The highest BCUT2D eigenvalue weighted by Gasteiger charge is 2.08. The van der Waals surface area contributed by atoms with E-state index in [0.29, 0.717) is 12.1 Å². The van der Waals surface area contributed by atoms with E-state index in [1.54, 1.807) is 0 Å². The zero-order valence-corrected chi connectivity index (χ0v) is 11.6. The lowest BCUT2D eigenvalue weighted by Gasteiger charge is -2.07. The Hall–Kier alpha value is -2.49. The van der Waals surface area contributed by atoms with Crippen LogP contribution in [0.3, 0.4) is 0 Å². The molecule has 102 valence electrons. The highest BCUT2D eigenvalue weighted by molar-refractivity contribution is 5.98. The molecule has 1 N–H and O–H groups in total. The summed E-state index contributed by atoms with van der Waals surface area (Å²) in [5.74, 6) is -0.0445. The summed E-state index contributed by atoms with van der Waals surface area (Å²) in [4.78, 5) is 12.2. The van der Waals surface area contributed by atoms with Gasteiger partial charge in [-0.2, -0.15) is 0 Å². The van der Waals surface area contributed by atoms with Crippen molar-refractivity contribution in [3.8, 4) is 0 Å². The molecular formula is C16H17N3O. The molecule has 4 heteroatoms. The van der Waals surface area contributed by atoms with Crippen molar-refractivity contribution in [3.05, 3.63) is 60.0 Å². The Morgan fingerprint density at radius 2 is 1.95 bits per heavy atom. The van der Waals surface area contributed by atoms with Crippen LogP contribution in [0.5, 0.6) is 0 Å². The molecule has 1 aromatic carbocycles. The number of carbonyl (C=O) groups is 1. The first-order chi connectivity index (χ1) is 9.65. The minimum atomic E-state index is -0.0445. The van der Waals surface area contributed by atoms with Crippen LogP contribution in [-0.2, 0) is 20.6 Å². The van der Waals surface area contributed by atoms with Crippen LogP contribution < -0.4 is 5.32 Å². The van der Waals surface area contributed by atoms with Gasteiger partial charge in [0.2, 0.25) is 0 Å². The molecule has 1 amide bonds. The number of nitrogens with one attached hydrogen (secondary N) is 1. The zero-order chi connectivity index (χ0) is 14.1. The fourth-order valence-corrected chi connectivity index (χ4v) is 2.38. The molecule has 0 saturated heterocycles. The Kier molecular flexibility index (Phi) is 3.06. The van der Waals surface area contributed by atoms with Crippen LogP contribution in [0, 0.1) is 0 Å². The summed E-state index contributed by atoms with van der Waals surface area (Å²) in [5, 5.41) is 4.03. The van der Waals surface area contributed by atoms with Crippen molar-refractivity contribution in [1.29, 1.82) is 0 Å². The number of amides is 1. The summed E-state index contributed by atoms with van der Waals surface area (Å²) in [6, 6.07) is 11.8. The van der Waals surface area contributed by atoms with Crippen molar-refractivity contribution < 1.29 is 4.79 Å². The third-order valence-electron chi connectivity index (χ3n) is 3.63. The SMILES string of the molecule is Cn1cccc1CNC(=O)c1ccc2c(ccn2C)c1. The third-order valence-corrected chi connectivity index (χ3v) is 3.63. The van der Waals surface area contributed by atoms with E-state index in [1.165, 1.54) is 0 Å². The fourth-order valence-electron chi connectivity index (χ4n) is 2.38. The molecule has 0 aliphatic carbocycles. The number of hydrogen-bond acceptors (Lipinski definition) is 1. The van der Waals surface area contributed by atoms with Crippen LogP contribution >= 0.6 is 0 Å². The van der Waals surface area contributed by atoms with E-state index in [4.69, 9.17) is 0 Å². The average molecular weight is 267 g/mol. The number of rotatable bonds is 3. The second-order valence-electron chi connectivity index (χ2n) is 4.99. The topological polar surface area (TPSA) is 39.0 Å². The lowest BCUT2D eigenvalue weighted by Crippen LogP contribution is -2.23. The van der Waals surface area contributed by atoms with Gasteiger partial charge < -0.3 is 14.5 Å². The molecule has 2 aromatic heterocycles. The number of carbonyl (C=O) groups excluding carboxylic acids is 1. The largest absolute Gasteiger partial charge is 0.353 e. The van der Waals surface area contributed by atoms with Crippen molar-refractivity contribution in [2.24, 2.45) is 14.1 Å². The first-order valence-electron chi connectivity index (χ1n) is 6.58. The van der Waals surface area contributed by atoms with Crippen LogP contribution in [-0.4, -0.2) is 15.0 Å². The van der Waals surface area contributed by atoms with E-state index in [2.05, 4.69) is 5.32 Å². The van der Waals surface area contributed by atoms with E-state index >= 15 is 0 Å². The van der Waals surface area contributed by atoms with Crippen molar-refractivity contribution in [1.82, 2.24) is 14.5 Å². The summed E-state index contributed by atoms with van der Waals surface area (Å²) < 4.78 is 4.04. The molecule has 4 nitrogen and oxygen atoms in total. The van der Waals surface area contributed by atoms with Gasteiger partial charge in [-0.15, -0.1) is 0 Å². The maximum Gasteiger partial charge on any atom is 0.251 e.